The van der Waals surface area contributed by atoms with Crippen molar-refractivity contribution in [2.75, 3.05) is 27.3 Å². The molecule has 0 bridgehead atoms. The van der Waals surface area contributed by atoms with Gasteiger partial charge in [-0.1, -0.05) is 12.1 Å². The molecule has 1 aliphatic heterocycles. The zero-order valence-corrected chi connectivity index (χ0v) is 17.7. The predicted octanol–water partition coefficient (Wildman–Crippen LogP) is 1.68. The Morgan fingerprint density at radius 3 is 2.55 bits per heavy atom. The molecule has 1 amide bonds. The summed E-state index contributed by atoms with van der Waals surface area (Å²) in [5, 5.41) is 11.5. The Morgan fingerprint density at radius 1 is 1.03 bits per heavy atom. The zero-order chi connectivity index (χ0) is 21.6. The number of fused-ring (bicyclic) bond motifs is 1. The monoisotopic (exact) mass is 422 g/mol. The van der Waals surface area contributed by atoms with Gasteiger partial charge in [-0.3, -0.25) is 14.7 Å². The highest BCUT2D eigenvalue weighted by Crippen LogP contribution is 2.30. The molecule has 9 heteroatoms. The molecule has 9 nitrogen and oxygen atoms in total. The summed E-state index contributed by atoms with van der Waals surface area (Å²) in [5.41, 5.74) is 1.42. The number of hydrogen-bond acceptors (Lipinski definition) is 7. The maximum atomic E-state index is 12.3. The van der Waals surface area contributed by atoms with Crippen molar-refractivity contribution in [3.8, 4) is 11.5 Å². The van der Waals surface area contributed by atoms with Crippen molar-refractivity contribution in [1.82, 2.24) is 30.0 Å². The highest BCUT2D eigenvalue weighted by Gasteiger charge is 2.21. The lowest BCUT2D eigenvalue weighted by atomic mass is 10.1. The SMILES string of the molecule is COc1cccc(OC)c1CN1CCc2nnc(CNC(=O)c3ccccn3)n2CC1. The van der Waals surface area contributed by atoms with Crippen LogP contribution in [0.4, 0.5) is 0 Å². The smallest absolute Gasteiger partial charge is 0.270 e. The predicted molar refractivity (Wildman–Crippen MR) is 114 cm³/mol. The molecule has 3 heterocycles. The second-order valence-corrected chi connectivity index (χ2v) is 7.25. The first-order valence-electron chi connectivity index (χ1n) is 10.2. The number of nitrogens with zero attached hydrogens (tertiary/aromatic N) is 5. The van der Waals surface area contributed by atoms with Crippen molar-refractivity contribution in [3.05, 3.63) is 65.5 Å². The number of amides is 1. The molecule has 0 saturated carbocycles. The van der Waals surface area contributed by atoms with Gasteiger partial charge in [0, 0.05) is 38.8 Å². The first-order valence-corrected chi connectivity index (χ1v) is 10.2. The minimum absolute atomic E-state index is 0.225. The Hall–Kier alpha value is -3.46. The van der Waals surface area contributed by atoms with E-state index in [1.165, 1.54) is 0 Å². The van der Waals surface area contributed by atoms with Gasteiger partial charge in [-0.15, -0.1) is 10.2 Å². The van der Waals surface area contributed by atoms with E-state index in [0.717, 1.165) is 61.3 Å². The Kier molecular flexibility index (Phi) is 6.42. The van der Waals surface area contributed by atoms with Crippen molar-refractivity contribution in [2.45, 2.75) is 26.1 Å². The standard InChI is InChI=1S/C22H26N6O3/c1-30-18-7-5-8-19(31-2)16(18)15-27-11-9-20-25-26-21(28(20)13-12-27)14-24-22(29)17-6-3-4-10-23-17/h3-8,10H,9,11-15H2,1-2H3,(H,24,29). The van der Waals surface area contributed by atoms with E-state index >= 15 is 0 Å². The second-order valence-electron chi connectivity index (χ2n) is 7.25. The minimum atomic E-state index is -0.225. The first-order chi connectivity index (χ1) is 15.2. The van der Waals surface area contributed by atoms with Crippen molar-refractivity contribution in [1.29, 1.82) is 0 Å². The molecule has 4 rings (SSSR count). The maximum absolute atomic E-state index is 12.3. The molecule has 0 unspecified atom stereocenters. The van der Waals surface area contributed by atoms with Gasteiger partial charge < -0.3 is 19.4 Å². The van der Waals surface area contributed by atoms with Gasteiger partial charge in [-0.05, 0) is 24.3 Å². The van der Waals surface area contributed by atoms with Crippen LogP contribution in [-0.4, -0.2) is 57.9 Å². The van der Waals surface area contributed by atoms with Crippen molar-refractivity contribution in [2.24, 2.45) is 0 Å². The van der Waals surface area contributed by atoms with Crippen molar-refractivity contribution < 1.29 is 14.3 Å². The molecule has 1 N–H and O–H groups in total. The number of ether oxygens (including phenoxy) is 2. The number of carbonyl (C=O) groups is 1. The van der Waals surface area contributed by atoms with Crippen LogP contribution in [0.3, 0.4) is 0 Å². The van der Waals surface area contributed by atoms with Crippen molar-refractivity contribution in [3.63, 3.8) is 0 Å². The molecule has 31 heavy (non-hydrogen) atoms. The summed E-state index contributed by atoms with van der Waals surface area (Å²) in [7, 11) is 3.35. The van der Waals surface area contributed by atoms with Gasteiger partial charge in [-0.2, -0.15) is 0 Å². The van der Waals surface area contributed by atoms with Gasteiger partial charge in [0.1, 0.15) is 23.0 Å². The molecule has 0 aliphatic carbocycles. The summed E-state index contributed by atoms with van der Waals surface area (Å²) < 4.78 is 13.2. The fraction of sp³-hybridized carbons (Fsp3) is 0.364. The Balaban J connectivity index is 1.41. The van der Waals surface area contributed by atoms with Crippen LogP contribution in [0.25, 0.3) is 0 Å². The zero-order valence-electron chi connectivity index (χ0n) is 17.7. The number of aromatic nitrogens is 4. The Labute approximate surface area is 181 Å². The van der Waals surface area contributed by atoms with Gasteiger partial charge in [-0.25, -0.2) is 0 Å². The van der Waals surface area contributed by atoms with E-state index in [2.05, 4.69) is 30.0 Å². The number of hydrogen-bond donors (Lipinski definition) is 1. The molecule has 3 aromatic rings. The quantitative estimate of drug-likeness (QED) is 0.619. The molecule has 0 spiro atoms. The van der Waals surface area contributed by atoms with E-state index in [1.54, 1.807) is 38.6 Å². The van der Waals surface area contributed by atoms with Gasteiger partial charge in [0.25, 0.3) is 5.91 Å². The topological polar surface area (TPSA) is 94.4 Å². The summed E-state index contributed by atoms with van der Waals surface area (Å²) in [6, 6.07) is 11.1. The Morgan fingerprint density at radius 2 is 1.84 bits per heavy atom. The van der Waals surface area contributed by atoms with E-state index < -0.39 is 0 Å². The normalized spacial score (nSPS) is 13.9. The summed E-state index contributed by atoms with van der Waals surface area (Å²) in [4.78, 5) is 18.7. The maximum Gasteiger partial charge on any atom is 0.270 e. The van der Waals surface area contributed by atoms with Gasteiger partial charge >= 0.3 is 0 Å². The molecule has 162 valence electrons. The highest BCUT2D eigenvalue weighted by molar-refractivity contribution is 5.92. The van der Waals surface area contributed by atoms with E-state index in [0.29, 0.717) is 12.2 Å². The van der Waals surface area contributed by atoms with Crippen LogP contribution in [0.5, 0.6) is 11.5 Å². The van der Waals surface area contributed by atoms with Crippen LogP contribution in [0.2, 0.25) is 0 Å². The summed E-state index contributed by atoms with van der Waals surface area (Å²) >= 11 is 0. The number of benzene rings is 1. The fourth-order valence-electron chi connectivity index (χ4n) is 3.77. The van der Waals surface area contributed by atoms with Crippen LogP contribution in [0.15, 0.2) is 42.6 Å². The van der Waals surface area contributed by atoms with E-state index in [-0.39, 0.29) is 5.91 Å². The van der Waals surface area contributed by atoms with Gasteiger partial charge in [0.2, 0.25) is 0 Å². The van der Waals surface area contributed by atoms with Crippen LogP contribution < -0.4 is 14.8 Å². The molecule has 1 aromatic carbocycles. The lowest BCUT2D eigenvalue weighted by molar-refractivity contribution is 0.0944. The summed E-state index contributed by atoms with van der Waals surface area (Å²) in [6.45, 7) is 3.45. The first kappa shape index (κ1) is 20.8. The Bertz CT molecular complexity index is 1010. The molecule has 2 aromatic heterocycles. The molecule has 0 saturated heterocycles. The molecule has 1 aliphatic rings. The largest absolute Gasteiger partial charge is 0.496 e. The highest BCUT2D eigenvalue weighted by atomic mass is 16.5. The third-order valence-electron chi connectivity index (χ3n) is 5.41. The van der Waals surface area contributed by atoms with E-state index in [4.69, 9.17) is 9.47 Å². The number of pyridine rings is 1. The molecular weight excluding hydrogens is 396 g/mol. The van der Waals surface area contributed by atoms with E-state index in [9.17, 15) is 4.79 Å². The van der Waals surface area contributed by atoms with Gasteiger partial charge in [0.05, 0.1) is 26.3 Å². The van der Waals surface area contributed by atoms with Crippen LogP contribution >= 0.6 is 0 Å². The molecular formula is C22H26N6O3. The second kappa shape index (κ2) is 9.57. The minimum Gasteiger partial charge on any atom is -0.496 e. The van der Waals surface area contributed by atoms with Crippen LogP contribution in [-0.2, 0) is 26.1 Å². The lowest BCUT2D eigenvalue weighted by Gasteiger charge is -2.22. The van der Waals surface area contributed by atoms with Crippen molar-refractivity contribution >= 4 is 5.91 Å². The number of methoxy groups -OCH3 is 2. The van der Waals surface area contributed by atoms with Crippen LogP contribution in [0.1, 0.15) is 27.7 Å². The van der Waals surface area contributed by atoms with Crippen LogP contribution in [0, 0.1) is 0 Å². The van der Waals surface area contributed by atoms with Gasteiger partial charge in [0.15, 0.2) is 5.82 Å². The number of rotatable bonds is 7. The molecule has 0 radical (unpaired) electrons. The third kappa shape index (κ3) is 4.66. The third-order valence-corrected chi connectivity index (χ3v) is 5.41. The van der Waals surface area contributed by atoms with E-state index in [1.807, 2.05) is 18.2 Å². The molecule has 0 atom stereocenters. The lowest BCUT2D eigenvalue weighted by Crippen LogP contribution is -2.28. The summed E-state index contributed by atoms with van der Waals surface area (Å²) in [6.07, 6.45) is 2.38. The average molecular weight is 422 g/mol. The number of carbonyl (C=O) groups excluding carboxylic acids is 1. The number of nitrogens with one attached hydrogen (secondary N) is 1. The summed E-state index contributed by atoms with van der Waals surface area (Å²) in [5.74, 6) is 3.09. The fourth-order valence-corrected chi connectivity index (χ4v) is 3.77. The molecule has 0 fully saturated rings. The average Bonchev–Trinajstić information content (AvgIpc) is 3.09.